The van der Waals surface area contributed by atoms with Gasteiger partial charge in [0.25, 0.3) is 0 Å². The summed E-state index contributed by atoms with van der Waals surface area (Å²) in [5, 5.41) is 0. The first kappa shape index (κ1) is 9.05. The molecule has 0 aromatic heterocycles. The number of rotatable bonds is 3. The number of hydrogen-bond acceptors (Lipinski definition) is 1. The first-order chi connectivity index (χ1) is 5.25. The minimum absolute atomic E-state index is 0.844. The Balaban J connectivity index is 2.29. The molecule has 11 heavy (non-hydrogen) atoms. The second-order valence-corrected chi connectivity index (χ2v) is 3.87. The van der Waals surface area contributed by atoms with Crippen LogP contribution in [0.15, 0.2) is 0 Å². The van der Waals surface area contributed by atoms with E-state index >= 15 is 0 Å². The summed E-state index contributed by atoms with van der Waals surface area (Å²) in [5.41, 5.74) is 0. The highest BCUT2D eigenvalue weighted by molar-refractivity contribution is 4.81. The summed E-state index contributed by atoms with van der Waals surface area (Å²) in [6.07, 6.45) is 5.51. The Kier molecular flexibility index (Phi) is 3.38. The molecular formula is C10H21N. The van der Waals surface area contributed by atoms with E-state index in [-0.39, 0.29) is 0 Å². The fourth-order valence-corrected chi connectivity index (χ4v) is 2.03. The normalized spacial score (nSPS) is 33.0. The minimum Gasteiger partial charge on any atom is -0.298 e. The second kappa shape index (κ2) is 4.10. The third kappa shape index (κ3) is 2.19. The third-order valence-electron chi connectivity index (χ3n) is 2.90. The highest BCUT2D eigenvalue weighted by Crippen LogP contribution is 2.23. The van der Waals surface area contributed by atoms with Crippen LogP contribution < -0.4 is 0 Å². The fourth-order valence-electron chi connectivity index (χ4n) is 2.03. The van der Waals surface area contributed by atoms with Crippen LogP contribution in [0.1, 0.15) is 46.5 Å². The van der Waals surface area contributed by atoms with Gasteiger partial charge in [0.2, 0.25) is 0 Å². The van der Waals surface area contributed by atoms with Crippen molar-refractivity contribution in [2.75, 3.05) is 6.54 Å². The molecule has 1 rings (SSSR count). The molecule has 1 saturated heterocycles. The Morgan fingerprint density at radius 1 is 1.18 bits per heavy atom. The van der Waals surface area contributed by atoms with E-state index in [0.717, 1.165) is 12.1 Å². The standard InChI is InChI=1S/C10H21N/c1-4-5-8-11-9(2)6-7-10(11)3/h9-10H,4-8H2,1-3H3. The highest BCUT2D eigenvalue weighted by Gasteiger charge is 2.25. The number of unbranched alkanes of at least 4 members (excludes halogenated alkanes) is 1. The van der Waals surface area contributed by atoms with Crippen molar-refractivity contribution < 1.29 is 0 Å². The lowest BCUT2D eigenvalue weighted by atomic mass is 10.2. The van der Waals surface area contributed by atoms with Gasteiger partial charge in [-0.1, -0.05) is 13.3 Å². The average Bonchev–Trinajstić information content (AvgIpc) is 2.29. The van der Waals surface area contributed by atoms with Crippen molar-refractivity contribution in [3.8, 4) is 0 Å². The maximum atomic E-state index is 2.66. The van der Waals surface area contributed by atoms with E-state index in [2.05, 4.69) is 25.7 Å². The first-order valence-electron chi connectivity index (χ1n) is 5.01. The van der Waals surface area contributed by atoms with Crippen molar-refractivity contribution in [1.82, 2.24) is 4.90 Å². The predicted octanol–water partition coefficient (Wildman–Crippen LogP) is 2.66. The molecule has 0 aliphatic carbocycles. The van der Waals surface area contributed by atoms with Crippen LogP contribution in [0, 0.1) is 0 Å². The van der Waals surface area contributed by atoms with Gasteiger partial charge in [-0.2, -0.15) is 0 Å². The summed E-state index contributed by atoms with van der Waals surface area (Å²) in [4.78, 5) is 2.66. The molecule has 1 nitrogen and oxygen atoms in total. The molecule has 0 bridgehead atoms. The van der Waals surface area contributed by atoms with Crippen molar-refractivity contribution in [1.29, 1.82) is 0 Å². The molecule has 1 fully saturated rings. The molecule has 1 heteroatoms. The van der Waals surface area contributed by atoms with Crippen LogP contribution >= 0.6 is 0 Å². The summed E-state index contributed by atoms with van der Waals surface area (Å²) in [6.45, 7) is 8.31. The quantitative estimate of drug-likeness (QED) is 0.605. The molecule has 2 atom stereocenters. The molecule has 0 saturated carbocycles. The SMILES string of the molecule is CCCCN1C(C)CCC1C. The molecule has 0 amide bonds. The van der Waals surface area contributed by atoms with Gasteiger partial charge >= 0.3 is 0 Å². The van der Waals surface area contributed by atoms with Crippen molar-refractivity contribution >= 4 is 0 Å². The van der Waals surface area contributed by atoms with Crippen LogP contribution in [0.4, 0.5) is 0 Å². The van der Waals surface area contributed by atoms with Crippen LogP contribution in [-0.4, -0.2) is 23.5 Å². The Bertz CT molecular complexity index is 101. The third-order valence-corrected chi connectivity index (χ3v) is 2.90. The highest BCUT2D eigenvalue weighted by atomic mass is 15.2. The van der Waals surface area contributed by atoms with Gasteiger partial charge in [0.1, 0.15) is 0 Å². The van der Waals surface area contributed by atoms with Gasteiger partial charge in [0.15, 0.2) is 0 Å². The molecule has 2 unspecified atom stereocenters. The minimum atomic E-state index is 0.844. The van der Waals surface area contributed by atoms with Crippen LogP contribution in [0.2, 0.25) is 0 Å². The Hall–Kier alpha value is -0.0400. The zero-order chi connectivity index (χ0) is 8.27. The number of nitrogens with zero attached hydrogens (tertiary/aromatic N) is 1. The molecule has 1 heterocycles. The molecule has 0 N–H and O–H groups in total. The van der Waals surface area contributed by atoms with Gasteiger partial charge in [0, 0.05) is 12.1 Å². The number of likely N-dealkylation sites (tertiary alicyclic amines) is 1. The second-order valence-electron chi connectivity index (χ2n) is 3.87. The van der Waals surface area contributed by atoms with Crippen LogP contribution in [0.5, 0.6) is 0 Å². The van der Waals surface area contributed by atoms with Gasteiger partial charge < -0.3 is 0 Å². The molecule has 0 aromatic rings. The van der Waals surface area contributed by atoms with E-state index in [1.165, 1.54) is 32.2 Å². The topological polar surface area (TPSA) is 3.24 Å². The van der Waals surface area contributed by atoms with Gasteiger partial charge in [-0.05, 0) is 39.7 Å². The summed E-state index contributed by atoms with van der Waals surface area (Å²) in [6, 6.07) is 1.69. The summed E-state index contributed by atoms with van der Waals surface area (Å²) in [7, 11) is 0. The van der Waals surface area contributed by atoms with Gasteiger partial charge in [-0.25, -0.2) is 0 Å². The zero-order valence-electron chi connectivity index (χ0n) is 8.14. The molecule has 1 aliphatic rings. The summed E-state index contributed by atoms with van der Waals surface area (Å²) in [5.74, 6) is 0. The van der Waals surface area contributed by atoms with E-state index in [1.807, 2.05) is 0 Å². The fraction of sp³-hybridized carbons (Fsp3) is 1.00. The van der Waals surface area contributed by atoms with E-state index < -0.39 is 0 Å². The van der Waals surface area contributed by atoms with E-state index in [1.54, 1.807) is 0 Å². The van der Waals surface area contributed by atoms with Gasteiger partial charge in [-0.3, -0.25) is 4.90 Å². The zero-order valence-corrected chi connectivity index (χ0v) is 8.14. The predicted molar refractivity (Wildman–Crippen MR) is 49.8 cm³/mol. The van der Waals surface area contributed by atoms with Crippen molar-refractivity contribution in [3.63, 3.8) is 0 Å². The lowest BCUT2D eigenvalue weighted by Gasteiger charge is -2.25. The average molecular weight is 155 g/mol. The molecule has 66 valence electrons. The van der Waals surface area contributed by atoms with Gasteiger partial charge in [-0.15, -0.1) is 0 Å². The van der Waals surface area contributed by atoms with Gasteiger partial charge in [0.05, 0.1) is 0 Å². The Morgan fingerprint density at radius 2 is 1.73 bits per heavy atom. The van der Waals surface area contributed by atoms with Crippen LogP contribution in [0.3, 0.4) is 0 Å². The summed E-state index contributed by atoms with van der Waals surface area (Å²) < 4.78 is 0. The maximum Gasteiger partial charge on any atom is 0.00703 e. The Labute approximate surface area is 70.8 Å². The lowest BCUT2D eigenvalue weighted by Crippen LogP contribution is -2.33. The van der Waals surface area contributed by atoms with E-state index in [9.17, 15) is 0 Å². The molecule has 1 aliphatic heterocycles. The molecule has 0 spiro atoms. The van der Waals surface area contributed by atoms with E-state index in [0.29, 0.717) is 0 Å². The number of hydrogen-bond donors (Lipinski definition) is 0. The van der Waals surface area contributed by atoms with Crippen LogP contribution in [-0.2, 0) is 0 Å². The summed E-state index contributed by atoms with van der Waals surface area (Å²) >= 11 is 0. The smallest absolute Gasteiger partial charge is 0.00703 e. The van der Waals surface area contributed by atoms with Crippen molar-refractivity contribution in [2.24, 2.45) is 0 Å². The largest absolute Gasteiger partial charge is 0.298 e. The van der Waals surface area contributed by atoms with Crippen molar-refractivity contribution in [2.45, 2.75) is 58.5 Å². The molecule has 0 aromatic carbocycles. The first-order valence-corrected chi connectivity index (χ1v) is 5.01. The Morgan fingerprint density at radius 3 is 2.18 bits per heavy atom. The van der Waals surface area contributed by atoms with Crippen molar-refractivity contribution in [3.05, 3.63) is 0 Å². The monoisotopic (exact) mass is 155 g/mol. The van der Waals surface area contributed by atoms with E-state index in [4.69, 9.17) is 0 Å². The maximum absolute atomic E-state index is 2.66. The molecular weight excluding hydrogens is 134 g/mol. The van der Waals surface area contributed by atoms with Crippen LogP contribution in [0.25, 0.3) is 0 Å². The molecule has 0 radical (unpaired) electrons. The lowest BCUT2D eigenvalue weighted by molar-refractivity contribution is 0.211.